The molecule has 4 heterocycles. The lowest BCUT2D eigenvalue weighted by Gasteiger charge is -2.36. The lowest BCUT2D eigenvalue weighted by atomic mass is 9.80. The number of aliphatic imine (C=N–C) groups is 1. The van der Waals surface area contributed by atoms with Crippen LogP contribution in [-0.4, -0.2) is 41.7 Å². The first kappa shape index (κ1) is 21.0. The molecule has 0 radical (unpaired) electrons. The van der Waals surface area contributed by atoms with E-state index in [1.165, 1.54) is 24.0 Å². The van der Waals surface area contributed by atoms with Crippen LogP contribution in [0.4, 0.5) is 21.6 Å². The highest BCUT2D eigenvalue weighted by atomic mass is 19.1. The van der Waals surface area contributed by atoms with Crippen molar-refractivity contribution < 1.29 is 9.18 Å². The highest BCUT2D eigenvalue weighted by Gasteiger charge is 2.30. The summed E-state index contributed by atoms with van der Waals surface area (Å²) in [5, 5.41) is 0. The van der Waals surface area contributed by atoms with Gasteiger partial charge in [-0.25, -0.2) is 14.4 Å². The van der Waals surface area contributed by atoms with E-state index in [0.717, 1.165) is 55.1 Å². The van der Waals surface area contributed by atoms with Crippen LogP contribution in [-0.2, 0) is 12.8 Å². The van der Waals surface area contributed by atoms with Crippen LogP contribution >= 0.6 is 0 Å². The fourth-order valence-electron chi connectivity index (χ4n) is 5.49. The van der Waals surface area contributed by atoms with E-state index < -0.39 is 0 Å². The van der Waals surface area contributed by atoms with E-state index in [9.17, 15) is 9.18 Å². The number of piperidine rings is 1. The topological polar surface area (TPSA) is 61.7 Å². The molecule has 34 heavy (non-hydrogen) atoms. The number of carbonyl (C=O) groups is 1. The lowest BCUT2D eigenvalue weighted by molar-refractivity contribution is 0.0984. The van der Waals surface area contributed by atoms with Crippen molar-refractivity contribution in [3.05, 3.63) is 77.5 Å². The number of nitrogens with zero attached hydrogens (tertiary/aromatic N) is 5. The Bertz CT molecular complexity index is 1270. The van der Waals surface area contributed by atoms with Crippen molar-refractivity contribution in [3.8, 4) is 0 Å². The van der Waals surface area contributed by atoms with Crippen LogP contribution in [0.5, 0.6) is 0 Å². The fourth-order valence-corrected chi connectivity index (χ4v) is 5.49. The van der Waals surface area contributed by atoms with E-state index in [2.05, 4.69) is 39.3 Å². The molecule has 3 aliphatic rings. The molecule has 1 saturated heterocycles. The first-order valence-corrected chi connectivity index (χ1v) is 11.9. The monoisotopic (exact) mass is 455 g/mol. The standard InChI is InChI=1S/C27H26FN5O/c28-22-5-6-25-20(14-22)9-12-33(25)27(34)24-15-26(31-17-30-24)32-10-7-18(8-11-32)21-13-19-3-1-2-4-23(19)29-16-21/h1-6,14-18,21H,7-13H2. The molecule has 1 aromatic heterocycles. The van der Waals surface area contributed by atoms with Gasteiger partial charge in [-0.1, -0.05) is 18.2 Å². The lowest BCUT2D eigenvalue weighted by Crippen LogP contribution is -2.38. The van der Waals surface area contributed by atoms with Gasteiger partial charge < -0.3 is 9.80 Å². The maximum Gasteiger partial charge on any atom is 0.277 e. The van der Waals surface area contributed by atoms with Crippen molar-refractivity contribution in [1.82, 2.24) is 9.97 Å². The Morgan fingerprint density at radius 3 is 2.71 bits per heavy atom. The van der Waals surface area contributed by atoms with E-state index in [-0.39, 0.29) is 11.7 Å². The molecule has 0 saturated carbocycles. The van der Waals surface area contributed by atoms with Crippen LogP contribution in [0.2, 0.25) is 0 Å². The van der Waals surface area contributed by atoms with Crippen LogP contribution in [0, 0.1) is 17.7 Å². The Kier molecular flexibility index (Phi) is 5.32. The summed E-state index contributed by atoms with van der Waals surface area (Å²) in [5.74, 6) is 1.42. The van der Waals surface area contributed by atoms with Crippen molar-refractivity contribution in [2.75, 3.05) is 29.4 Å². The molecule has 1 amide bonds. The van der Waals surface area contributed by atoms with Gasteiger partial charge in [-0.3, -0.25) is 9.79 Å². The van der Waals surface area contributed by atoms with Crippen LogP contribution in [0.1, 0.15) is 34.5 Å². The Hall–Kier alpha value is -3.61. The van der Waals surface area contributed by atoms with E-state index in [1.807, 2.05) is 6.07 Å². The molecule has 2 aromatic carbocycles. The molecule has 6 nitrogen and oxygen atoms in total. The molecule has 1 atom stereocenters. The summed E-state index contributed by atoms with van der Waals surface area (Å²) in [6.45, 7) is 2.33. The summed E-state index contributed by atoms with van der Waals surface area (Å²) in [5.41, 5.74) is 4.43. The predicted molar refractivity (Wildman–Crippen MR) is 131 cm³/mol. The van der Waals surface area contributed by atoms with Crippen molar-refractivity contribution in [1.29, 1.82) is 0 Å². The number of carbonyl (C=O) groups excluding carboxylic acids is 1. The second-order valence-corrected chi connectivity index (χ2v) is 9.34. The summed E-state index contributed by atoms with van der Waals surface area (Å²) in [6, 6.07) is 14.8. The number of rotatable bonds is 3. The minimum atomic E-state index is -0.274. The SMILES string of the molecule is O=C(c1cc(N2CCC(C3C=Nc4ccccc4C3)CC2)ncn1)N1CCc2cc(F)ccc21. The molecule has 1 fully saturated rings. The van der Waals surface area contributed by atoms with Gasteiger partial charge in [0.1, 0.15) is 23.7 Å². The summed E-state index contributed by atoms with van der Waals surface area (Å²) in [7, 11) is 0. The maximum absolute atomic E-state index is 13.5. The van der Waals surface area contributed by atoms with Crippen LogP contribution in [0.15, 0.2) is 59.9 Å². The molecule has 7 heteroatoms. The highest BCUT2D eigenvalue weighted by Crippen LogP contribution is 2.34. The number of amides is 1. The number of para-hydroxylation sites is 1. The predicted octanol–water partition coefficient (Wildman–Crippen LogP) is 4.61. The fraction of sp³-hybridized carbons (Fsp3) is 0.333. The third-order valence-electron chi connectivity index (χ3n) is 7.38. The molecular weight excluding hydrogens is 429 g/mol. The molecule has 172 valence electrons. The molecule has 0 bridgehead atoms. The molecule has 1 unspecified atom stereocenters. The molecule has 6 rings (SSSR count). The highest BCUT2D eigenvalue weighted by molar-refractivity contribution is 6.06. The van der Waals surface area contributed by atoms with Gasteiger partial charge in [0.05, 0.1) is 5.69 Å². The Balaban J connectivity index is 1.12. The largest absolute Gasteiger partial charge is 0.356 e. The van der Waals surface area contributed by atoms with Crippen molar-refractivity contribution in [2.45, 2.75) is 25.7 Å². The van der Waals surface area contributed by atoms with Crippen molar-refractivity contribution >= 4 is 29.3 Å². The Morgan fingerprint density at radius 1 is 0.971 bits per heavy atom. The number of halogens is 1. The Morgan fingerprint density at radius 2 is 1.82 bits per heavy atom. The summed E-state index contributed by atoms with van der Waals surface area (Å²) < 4.78 is 13.5. The maximum atomic E-state index is 13.5. The van der Waals surface area contributed by atoms with Crippen molar-refractivity contribution in [3.63, 3.8) is 0 Å². The molecule has 0 N–H and O–H groups in total. The van der Waals surface area contributed by atoms with Gasteiger partial charge in [-0.2, -0.15) is 0 Å². The average Bonchev–Trinajstić information content (AvgIpc) is 3.31. The molecule has 0 spiro atoms. The minimum absolute atomic E-state index is 0.166. The zero-order chi connectivity index (χ0) is 23.1. The van der Waals surface area contributed by atoms with E-state index in [4.69, 9.17) is 4.99 Å². The van der Waals surface area contributed by atoms with Gasteiger partial charge in [-0.15, -0.1) is 0 Å². The van der Waals surface area contributed by atoms with Gasteiger partial charge in [0.25, 0.3) is 5.91 Å². The average molecular weight is 456 g/mol. The molecule has 3 aromatic rings. The quantitative estimate of drug-likeness (QED) is 0.579. The molecule has 0 aliphatic carbocycles. The number of hydrogen-bond acceptors (Lipinski definition) is 5. The number of hydrogen-bond donors (Lipinski definition) is 0. The zero-order valence-electron chi connectivity index (χ0n) is 18.9. The van der Waals surface area contributed by atoms with Crippen molar-refractivity contribution in [2.24, 2.45) is 16.8 Å². The third kappa shape index (κ3) is 3.85. The van der Waals surface area contributed by atoms with Crippen LogP contribution in [0.25, 0.3) is 0 Å². The molecular formula is C27H26FN5O. The molecule has 3 aliphatic heterocycles. The van der Waals surface area contributed by atoms with Gasteiger partial charge in [-0.05, 0) is 67.0 Å². The van der Waals surface area contributed by atoms with Gasteiger partial charge in [0.15, 0.2) is 0 Å². The van der Waals surface area contributed by atoms with Gasteiger partial charge >= 0.3 is 0 Å². The normalized spacial score (nSPS) is 19.7. The number of aromatic nitrogens is 2. The summed E-state index contributed by atoms with van der Waals surface area (Å²) in [6.07, 6.45) is 7.45. The first-order chi connectivity index (χ1) is 16.7. The second kappa shape index (κ2) is 8.63. The first-order valence-electron chi connectivity index (χ1n) is 11.9. The smallest absolute Gasteiger partial charge is 0.277 e. The summed E-state index contributed by atoms with van der Waals surface area (Å²) in [4.78, 5) is 30.5. The number of fused-ring (bicyclic) bond motifs is 2. The van der Waals surface area contributed by atoms with Gasteiger partial charge in [0.2, 0.25) is 0 Å². The van der Waals surface area contributed by atoms with E-state index in [1.54, 1.807) is 17.0 Å². The number of anilines is 2. The van der Waals surface area contributed by atoms with Crippen LogP contribution in [0.3, 0.4) is 0 Å². The van der Waals surface area contributed by atoms with Gasteiger partial charge in [0, 0.05) is 43.5 Å². The second-order valence-electron chi connectivity index (χ2n) is 9.34. The minimum Gasteiger partial charge on any atom is -0.356 e. The third-order valence-corrected chi connectivity index (χ3v) is 7.38. The zero-order valence-corrected chi connectivity index (χ0v) is 18.9. The Labute approximate surface area is 198 Å². The van der Waals surface area contributed by atoms with E-state index in [0.29, 0.717) is 30.5 Å². The summed E-state index contributed by atoms with van der Waals surface area (Å²) >= 11 is 0. The number of benzene rings is 2. The van der Waals surface area contributed by atoms with Crippen LogP contribution < -0.4 is 9.80 Å². The van der Waals surface area contributed by atoms with E-state index >= 15 is 0 Å².